The molecule has 0 unspecified atom stereocenters. The van der Waals surface area contributed by atoms with E-state index in [2.05, 4.69) is 15.0 Å². The molecule has 0 bridgehead atoms. The number of hydrogen-bond donors (Lipinski definition) is 1. The first-order valence-electron chi connectivity index (χ1n) is 10.3. The van der Waals surface area contributed by atoms with E-state index in [1.165, 1.54) is 0 Å². The van der Waals surface area contributed by atoms with Crippen molar-refractivity contribution >= 4 is 11.8 Å². The molecule has 1 fully saturated rings. The second-order valence-electron chi connectivity index (χ2n) is 8.22. The van der Waals surface area contributed by atoms with Crippen LogP contribution in [0.5, 0.6) is 11.5 Å². The standard InChI is InChI=1S/C23H19F2N5O2/c24-22(25)5-7-30(12-22)20-9-17-19(11-28-20)32-18-4-3-14(15-2-1-6-27-10-15)8-16(18)23(17)13-31-21(26)29-23/h1-4,6,8-11H,5,7,12-13H2,(H2,26,29)/t23-/m0/s1. The maximum absolute atomic E-state index is 13.8. The van der Waals surface area contributed by atoms with Gasteiger partial charge in [-0.1, -0.05) is 12.1 Å². The maximum atomic E-state index is 13.8. The summed E-state index contributed by atoms with van der Waals surface area (Å²) < 4.78 is 39.4. The summed E-state index contributed by atoms with van der Waals surface area (Å²) in [6.45, 7) is 0.0465. The van der Waals surface area contributed by atoms with Crippen LogP contribution in [0, 0.1) is 0 Å². The fraction of sp³-hybridized carbons (Fsp3) is 0.261. The number of hydrogen-bond acceptors (Lipinski definition) is 7. The average Bonchev–Trinajstić information content (AvgIpc) is 3.37. The summed E-state index contributed by atoms with van der Waals surface area (Å²) in [4.78, 5) is 14.8. The SMILES string of the molecule is NC1=N[C@@]2(CO1)c1cc(-c3cccnc3)ccc1Oc1cnc(N3CCC(F)(F)C3)cc12. The minimum atomic E-state index is -2.73. The molecular weight excluding hydrogens is 416 g/mol. The Balaban J connectivity index is 1.50. The topological polar surface area (TPSA) is 85.9 Å². The van der Waals surface area contributed by atoms with Crippen LogP contribution < -0.4 is 15.4 Å². The number of aliphatic imine (C=N–C) groups is 1. The number of pyridine rings is 2. The minimum Gasteiger partial charge on any atom is -0.462 e. The van der Waals surface area contributed by atoms with E-state index < -0.39 is 11.5 Å². The van der Waals surface area contributed by atoms with Crippen molar-refractivity contribution in [1.82, 2.24) is 9.97 Å². The summed E-state index contributed by atoms with van der Waals surface area (Å²) in [5.74, 6) is -1.15. The van der Waals surface area contributed by atoms with Crippen molar-refractivity contribution in [2.24, 2.45) is 10.7 Å². The Hall–Kier alpha value is -3.75. The summed E-state index contributed by atoms with van der Waals surface area (Å²) in [7, 11) is 0. The molecule has 1 saturated heterocycles. The number of anilines is 1. The molecule has 2 N–H and O–H groups in total. The lowest BCUT2D eigenvalue weighted by Crippen LogP contribution is -2.32. The van der Waals surface area contributed by atoms with Crippen molar-refractivity contribution in [3.05, 3.63) is 66.1 Å². The van der Waals surface area contributed by atoms with Gasteiger partial charge in [0, 0.05) is 42.0 Å². The molecule has 1 aromatic carbocycles. The molecule has 162 valence electrons. The fourth-order valence-corrected chi connectivity index (χ4v) is 4.57. The number of benzene rings is 1. The number of halogens is 2. The normalized spacial score (nSPS) is 22.7. The first-order valence-corrected chi connectivity index (χ1v) is 10.3. The molecule has 1 atom stereocenters. The third-order valence-corrected chi connectivity index (χ3v) is 6.16. The largest absolute Gasteiger partial charge is 0.462 e. The lowest BCUT2D eigenvalue weighted by molar-refractivity contribution is 0.0256. The predicted molar refractivity (Wildman–Crippen MR) is 114 cm³/mol. The highest BCUT2D eigenvalue weighted by atomic mass is 19.3. The molecule has 6 rings (SSSR count). The molecule has 0 radical (unpaired) electrons. The van der Waals surface area contributed by atoms with Crippen molar-refractivity contribution in [1.29, 1.82) is 0 Å². The van der Waals surface area contributed by atoms with Gasteiger partial charge in [-0.25, -0.2) is 18.8 Å². The first-order chi connectivity index (χ1) is 15.4. The Labute approximate surface area is 182 Å². The minimum absolute atomic E-state index is 0.0710. The molecule has 0 aliphatic carbocycles. The van der Waals surface area contributed by atoms with Gasteiger partial charge >= 0.3 is 0 Å². The van der Waals surface area contributed by atoms with E-state index >= 15 is 0 Å². The molecule has 3 aliphatic heterocycles. The van der Waals surface area contributed by atoms with Crippen LogP contribution in [0.15, 0.2) is 60.0 Å². The van der Waals surface area contributed by atoms with Crippen LogP contribution in [0.3, 0.4) is 0 Å². The van der Waals surface area contributed by atoms with E-state index in [1.807, 2.05) is 30.3 Å². The van der Waals surface area contributed by atoms with Gasteiger partial charge in [-0.2, -0.15) is 0 Å². The van der Waals surface area contributed by atoms with Crippen LogP contribution in [0.4, 0.5) is 14.6 Å². The zero-order valence-electron chi connectivity index (χ0n) is 17.0. The third kappa shape index (κ3) is 2.88. The maximum Gasteiger partial charge on any atom is 0.283 e. The van der Waals surface area contributed by atoms with E-state index in [9.17, 15) is 8.78 Å². The van der Waals surface area contributed by atoms with Crippen LogP contribution in [-0.4, -0.2) is 41.6 Å². The van der Waals surface area contributed by atoms with Crippen LogP contribution in [0.25, 0.3) is 11.1 Å². The Bertz CT molecular complexity index is 1250. The Morgan fingerprint density at radius 3 is 2.62 bits per heavy atom. The Kier molecular flexibility index (Phi) is 3.93. The van der Waals surface area contributed by atoms with Gasteiger partial charge in [-0.05, 0) is 29.8 Å². The molecule has 2 aromatic heterocycles. The van der Waals surface area contributed by atoms with E-state index in [-0.39, 0.29) is 32.1 Å². The number of nitrogens with two attached hydrogens (primary N) is 1. The van der Waals surface area contributed by atoms with Crippen molar-refractivity contribution in [3.63, 3.8) is 0 Å². The Morgan fingerprint density at radius 1 is 1.03 bits per heavy atom. The smallest absolute Gasteiger partial charge is 0.283 e. The van der Waals surface area contributed by atoms with Gasteiger partial charge in [0.2, 0.25) is 0 Å². The highest BCUT2D eigenvalue weighted by molar-refractivity contribution is 5.78. The van der Waals surface area contributed by atoms with Gasteiger partial charge in [-0.3, -0.25) is 4.98 Å². The van der Waals surface area contributed by atoms with Gasteiger partial charge in [0.1, 0.15) is 18.2 Å². The van der Waals surface area contributed by atoms with E-state index in [0.29, 0.717) is 22.9 Å². The van der Waals surface area contributed by atoms with E-state index in [4.69, 9.17) is 15.2 Å². The molecule has 0 amide bonds. The monoisotopic (exact) mass is 435 g/mol. The highest BCUT2D eigenvalue weighted by Gasteiger charge is 2.48. The number of nitrogens with zero attached hydrogens (tertiary/aromatic N) is 4. The quantitative estimate of drug-likeness (QED) is 0.661. The molecular formula is C23H19F2N5O2. The summed E-state index contributed by atoms with van der Waals surface area (Å²) in [6.07, 6.45) is 4.86. The number of alkyl halides is 2. The zero-order valence-corrected chi connectivity index (χ0v) is 17.0. The molecule has 1 spiro atoms. The second-order valence-corrected chi connectivity index (χ2v) is 8.22. The Morgan fingerprint density at radius 2 is 1.91 bits per heavy atom. The summed E-state index contributed by atoms with van der Waals surface area (Å²) in [5.41, 5.74) is 8.36. The van der Waals surface area contributed by atoms with Crippen LogP contribution in [0.2, 0.25) is 0 Å². The number of amidine groups is 1. The van der Waals surface area contributed by atoms with Gasteiger partial charge in [-0.15, -0.1) is 0 Å². The van der Waals surface area contributed by atoms with Crippen molar-refractivity contribution in [2.45, 2.75) is 17.9 Å². The molecule has 5 heterocycles. The number of rotatable bonds is 2. The molecule has 9 heteroatoms. The highest BCUT2D eigenvalue weighted by Crippen LogP contribution is 2.52. The van der Waals surface area contributed by atoms with Crippen molar-refractivity contribution in [2.75, 3.05) is 24.6 Å². The lowest BCUT2D eigenvalue weighted by Gasteiger charge is -2.34. The zero-order chi connectivity index (χ0) is 21.9. The lowest BCUT2D eigenvalue weighted by atomic mass is 9.81. The van der Waals surface area contributed by atoms with E-state index in [1.54, 1.807) is 29.6 Å². The van der Waals surface area contributed by atoms with Gasteiger partial charge in [0.25, 0.3) is 11.9 Å². The van der Waals surface area contributed by atoms with Gasteiger partial charge < -0.3 is 20.1 Å². The van der Waals surface area contributed by atoms with Crippen LogP contribution in [0.1, 0.15) is 17.5 Å². The molecule has 32 heavy (non-hydrogen) atoms. The van der Waals surface area contributed by atoms with Crippen molar-refractivity contribution in [3.8, 4) is 22.6 Å². The molecule has 0 saturated carbocycles. The summed E-state index contributed by atoms with van der Waals surface area (Å²) >= 11 is 0. The first kappa shape index (κ1) is 19.0. The van der Waals surface area contributed by atoms with Crippen LogP contribution >= 0.6 is 0 Å². The number of ether oxygens (including phenoxy) is 2. The molecule has 3 aliphatic rings. The van der Waals surface area contributed by atoms with Crippen LogP contribution in [-0.2, 0) is 10.3 Å². The average molecular weight is 435 g/mol. The molecule has 3 aromatic rings. The fourth-order valence-electron chi connectivity index (χ4n) is 4.57. The van der Waals surface area contributed by atoms with Gasteiger partial charge in [0.15, 0.2) is 11.3 Å². The third-order valence-electron chi connectivity index (χ3n) is 6.16. The number of fused-ring (bicyclic) bond motifs is 4. The second kappa shape index (κ2) is 6.62. The summed E-state index contributed by atoms with van der Waals surface area (Å²) in [6, 6.07) is 11.5. The summed E-state index contributed by atoms with van der Waals surface area (Å²) in [5, 5.41) is 0. The van der Waals surface area contributed by atoms with Crippen molar-refractivity contribution < 1.29 is 18.3 Å². The molecule has 7 nitrogen and oxygen atoms in total. The van der Waals surface area contributed by atoms with Gasteiger partial charge in [0.05, 0.1) is 12.7 Å². The predicted octanol–water partition coefficient (Wildman–Crippen LogP) is 3.68. The van der Waals surface area contributed by atoms with E-state index in [0.717, 1.165) is 16.7 Å². The number of aromatic nitrogens is 2.